The number of hydrogen-bond donors (Lipinski definition) is 1. The van der Waals surface area contributed by atoms with E-state index in [0.717, 1.165) is 20.8 Å². The van der Waals surface area contributed by atoms with Crippen LogP contribution in [0.5, 0.6) is 11.5 Å². The normalized spacial score (nSPS) is 11.3. The van der Waals surface area contributed by atoms with E-state index in [9.17, 15) is 5.11 Å². The van der Waals surface area contributed by atoms with Crippen molar-refractivity contribution in [3.05, 3.63) is 52.0 Å². The summed E-state index contributed by atoms with van der Waals surface area (Å²) in [6, 6.07) is 10.9. The van der Waals surface area contributed by atoms with Gasteiger partial charge in [0.2, 0.25) is 0 Å². The predicted molar refractivity (Wildman–Crippen MR) is 88.2 cm³/mol. The van der Waals surface area contributed by atoms with Gasteiger partial charge in [-0.1, -0.05) is 23.7 Å². The largest absolute Gasteiger partial charge is 0.504 e. The first kappa shape index (κ1) is 13.9. The van der Waals surface area contributed by atoms with Crippen molar-refractivity contribution in [3.63, 3.8) is 0 Å². The molecule has 0 amide bonds. The van der Waals surface area contributed by atoms with Crippen molar-refractivity contribution in [2.75, 3.05) is 7.11 Å². The smallest absolute Gasteiger partial charge is 0.161 e. The highest BCUT2D eigenvalue weighted by Gasteiger charge is 2.03. The SMILES string of the molecule is COc1cc(/C=C/c2nc3cc(Cl)ccc3s2)ccc1O. The van der Waals surface area contributed by atoms with Crippen molar-refractivity contribution < 1.29 is 9.84 Å². The first-order chi connectivity index (χ1) is 10.2. The van der Waals surface area contributed by atoms with E-state index in [2.05, 4.69) is 4.98 Å². The van der Waals surface area contributed by atoms with Gasteiger partial charge in [-0.2, -0.15) is 0 Å². The maximum Gasteiger partial charge on any atom is 0.161 e. The molecule has 0 fully saturated rings. The van der Waals surface area contributed by atoms with Crippen LogP contribution in [0.3, 0.4) is 0 Å². The van der Waals surface area contributed by atoms with E-state index in [1.807, 2.05) is 36.4 Å². The van der Waals surface area contributed by atoms with Gasteiger partial charge >= 0.3 is 0 Å². The lowest BCUT2D eigenvalue weighted by atomic mass is 10.2. The monoisotopic (exact) mass is 317 g/mol. The van der Waals surface area contributed by atoms with Gasteiger partial charge in [-0.05, 0) is 42.0 Å². The molecule has 0 unspecified atom stereocenters. The van der Waals surface area contributed by atoms with E-state index in [4.69, 9.17) is 16.3 Å². The number of aromatic nitrogens is 1. The lowest BCUT2D eigenvalue weighted by Gasteiger charge is -2.03. The van der Waals surface area contributed by atoms with Gasteiger partial charge in [0.25, 0.3) is 0 Å². The zero-order valence-corrected chi connectivity index (χ0v) is 12.8. The van der Waals surface area contributed by atoms with E-state index >= 15 is 0 Å². The van der Waals surface area contributed by atoms with Crippen molar-refractivity contribution >= 4 is 45.3 Å². The second kappa shape index (κ2) is 5.76. The summed E-state index contributed by atoms with van der Waals surface area (Å²) in [5.74, 6) is 0.581. The Morgan fingerprint density at radius 2 is 2.05 bits per heavy atom. The minimum atomic E-state index is 0.129. The molecule has 3 nitrogen and oxygen atoms in total. The lowest BCUT2D eigenvalue weighted by Crippen LogP contribution is -1.84. The van der Waals surface area contributed by atoms with Gasteiger partial charge in [-0.15, -0.1) is 11.3 Å². The maximum atomic E-state index is 9.57. The van der Waals surface area contributed by atoms with Crippen LogP contribution in [-0.2, 0) is 0 Å². The number of hydrogen-bond acceptors (Lipinski definition) is 4. The second-order valence-electron chi connectivity index (χ2n) is 4.43. The molecule has 1 heterocycles. The molecular formula is C16H12ClNO2S. The van der Waals surface area contributed by atoms with Gasteiger partial charge in [0, 0.05) is 5.02 Å². The molecule has 21 heavy (non-hydrogen) atoms. The van der Waals surface area contributed by atoms with Crippen molar-refractivity contribution in [2.24, 2.45) is 0 Å². The molecule has 0 aliphatic carbocycles. The van der Waals surface area contributed by atoms with Crippen molar-refractivity contribution in [1.82, 2.24) is 4.98 Å². The van der Waals surface area contributed by atoms with Gasteiger partial charge in [-0.3, -0.25) is 0 Å². The van der Waals surface area contributed by atoms with Crippen LogP contribution in [0, 0.1) is 0 Å². The summed E-state index contributed by atoms with van der Waals surface area (Å²) in [6.45, 7) is 0. The minimum Gasteiger partial charge on any atom is -0.504 e. The molecule has 0 aliphatic heterocycles. The van der Waals surface area contributed by atoms with Gasteiger partial charge in [0.15, 0.2) is 11.5 Å². The fourth-order valence-corrected chi connectivity index (χ4v) is 2.97. The number of rotatable bonds is 3. The third-order valence-electron chi connectivity index (χ3n) is 2.99. The fraction of sp³-hybridized carbons (Fsp3) is 0.0625. The lowest BCUT2D eigenvalue weighted by molar-refractivity contribution is 0.373. The second-order valence-corrected chi connectivity index (χ2v) is 5.93. The Kier molecular flexibility index (Phi) is 3.82. The predicted octanol–water partition coefficient (Wildman–Crippen LogP) is 4.83. The number of benzene rings is 2. The molecule has 3 aromatic rings. The van der Waals surface area contributed by atoms with Crippen LogP contribution in [0.25, 0.3) is 22.4 Å². The summed E-state index contributed by atoms with van der Waals surface area (Å²) in [7, 11) is 1.53. The zero-order valence-electron chi connectivity index (χ0n) is 11.2. The first-order valence-electron chi connectivity index (χ1n) is 6.27. The van der Waals surface area contributed by atoms with Gasteiger partial charge in [0.05, 0.1) is 17.3 Å². The number of ether oxygens (including phenoxy) is 1. The highest BCUT2D eigenvalue weighted by atomic mass is 35.5. The third kappa shape index (κ3) is 3.01. The standard InChI is InChI=1S/C16H12ClNO2S/c1-20-14-8-10(2-5-13(14)19)3-7-16-18-12-9-11(17)4-6-15(12)21-16/h2-9,19H,1H3/b7-3+. The molecule has 106 valence electrons. The quantitative estimate of drug-likeness (QED) is 0.752. The summed E-state index contributed by atoms with van der Waals surface area (Å²) in [6.07, 6.45) is 3.87. The Balaban J connectivity index is 1.90. The van der Waals surface area contributed by atoms with Crippen molar-refractivity contribution in [3.8, 4) is 11.5 Å². The number of halogens is 1. The molecule has 0 saturated heterocycles. The number of phenolic OH excluding ortho intramolecular Hbond substituents is 1. The Morgan fingerprint density at radius 3 is 2.86 bits per heavy atom. The average molecular weight is 318 g/mol. The molecule has 0 spiro atoms. The average Bonchev–Trinajstić information content (AvgIpc) is 2.88. The summed E-state index contributed by atoms with van der Waals surface area (Å²) in [5, 5.41) is 11.2. The third-order valence-corrected chi connectivity index (χ3v) is 4.23. The molecule has 3 rings (SSSR count). The topological polar surface area (TPSA) is 42.4 Å². The molecule has 0 radical (unpaired) electrons. The first-order valence-corrected chi connectivity index (χ1v) is 7.46. The number of phenols is 1. The fourth-order valence-electron chi connectivity index (χ4n) is 1.96. The molecule has 5 heteroatoms. The summed E-state index contributed by atoms with van der Waals surface area (Å²) < 4.78 is 6.19. The van der Waals surface area contributed by atoms with Crippen molar-refractivity contribution in [2.45, 2.75) is 0 Å². The molecule has 0 saturated carbocycles. The van der Waals surface area contributed by atoms with Crippen LogP contribution in [0.15, 0.2) is 36.4 Å². The Labute approximate surface area is 131 Å². The highest BCUT2D eigenvalue weighted by molar-refractivity contribution is 7.19. The maximum absolute atomic E-state index is 9.57. The van der Waals surface area contributed by atoms with Gasteiger partial charge in [0.1, 0.15) is 5.01 Å². The Bertz CT molecular complexity index is 826. The molecular weight excluding hydrogens is 306 g/mol. The number of fused-ring (bicyclic) bond motifs is 1. The van der Waals surface area contributed by atoms with Crippen LogP contribution >= 0.6 is 22.9 Å². The summed E-state index contributed by atoms with van der Waals surface area (Å²) >= 11 is 7.56. The van der Waals surface area contributed by atoms with Crippen LogP contribution in [0.1, 0.15) is 10.6 Å². The number of methoxy groups -OCH3 is 1. The van der Waals surface area contributed by atoms with E-state index in [-0.39, 0.29) is 5.75 Å². The van der Waals surface area contributed by atoms with E-state index in [1.165, 1.54) is 7.11 Å². The number of thiazole rings is 1. The number of nitrogens with zero attached hydrogens (tertiary/aromatic N) is 1. The van der Waals surface area contributed by atoms with Crippen LogP contribution in [0.4, 0.5) is 0 Å². The Hall–Kier alpha value is -2.04. The molecule has 0 bridgehead atoms. The van der Waals surface area contributed by atoms with Crippen molar-refractivity contribution in [1.29, 1.82) is 0 Å². The molecule has 0 aliphatic rings. The van der Waals surface area contributed by atoms with Gasteiger partial charge in [-0.25, -0.2) is 4.98 Å². The Morgan fingerprint density at radius 1 is 1.19 bits per heavy atom. The molecule has 2 aromatic carbocycles. The van der Waals surface area contributed by atoms with Gasteiger partial charge < -0.3 is 9.84 Å². The molecule has 1 aromatic heterocycles. The summed E-state index contributed by atoms with van der Waals surface area (Å²) in [5.41, 5.74) is 1.83. The minimum absolute atomic E-state index is 0.129. The number of aromatic hydroxyl groups is 1. The summed E-state index contributed by atoms with van der Waals surface area (Å²) in [4.78, 5) is 4.52. The van der Waals surface area contributed by atoms with E-state index in [1.54, 1.807) is 23.5 Å². The van der Waals surface area contributed by atoms with Crippen LogP contribution in [0.2, 0.25) is 5.02 Å². The molecule has 0 atom stereocenters. The van der Waals surface area contributed by atoms with Crippen LogP contribution in [-0.4, -0.2) is 17.2 Å². The molecule has 1 N–H and O–H groups in total. The van der Waals surface area contributed by atoms with E-state index in [0.29, 0.717) is 10.8 Å². The van der Waals surface area contributed by atoms with E-state index < -0.39 is 0 Å². The highest BCUT2D eigenvalue weighted by Crippen LogP contribution is 2.28. The zero-order chi connectivity index (χ0) is 14.8. The van der Waals surface area contributed by atoms with Crippen LogP contribution < -0.4 is 4.74 Å².